The molecule has 0 atom stereocenters. The maximum atomic E-state index is 11.6. The van der Waals surface area contributed by atoms with Crippen LogP contribution in [0.1, 0.15) is 12.8 Å². The first-order chi connectivity index (χ1) is 8.62. The lowest BCUT2D eigenvalue weighted by atomic mass is 10.2. The van der Waals surface area contributed by atoms with Crippen LogP contribution in [-0.2, 0) is 4.79 Å². The molecule has 2 N–H and O–H groups in total. The van der Waals surface area contributed by atoms with E-state index in [4.69, 9.17) is 26.2 Å². The zero-order valence-electron chi connectivity index (χ0n) is 10.3. The largest absolute Gasteiger partial charge is 0.495 e. The lowest BCUT2D eigenvalue weighted by molar-refractivity contribution is -0.116. The maximum absolute atomic E-state index is 11.6. The maximum Gasteiger partial charge on any atom is 0.224 e. The molecular formula is C12H16ClNO4. The molecule has 1 aromatic rings. The third kappa shape index (κ3) is 3.78. The number of anilines is 1. The molecule has 0 bridgehead atoms. The van der Waals surface area contributed by atoms with Gasteiger partial charge < -0.3 is 19.9 Å². The van der Waals surface area contributed by atoms with E-state index in [1.54, 1.807) is 12.1 Å². The van der Waals surface area contributed by atoms with E-state index < -0.39 is 0 Å². The van der Waals surface area contributed by atoms with Crippen molar-refractivity contribution in [2.75, 3.05) is 26.1 Å². The summed E-state index contributed by atoms with van der Waals surface area (Å²) in [6.45, 7) is -0.0199. The summed E-state index contributed by atoms with van der Waals surface area (Å²) in [7, 11) is 2.99. The van der Waals surface area contributed by atoms with E-state index in [9.17, 15) is 4.79 Å². The number of halogens is 1. The van der Waals surface area contributed by atoms with E-state index in [1.165, 1.54) is 14.2 Å². The van der Waals surface area contributed by atoms with E-state index >= 15 is 0 Å². The van der Waals surface area contributed by atoms with Crippen molar-refractivity contribution in [3.8, 4) is 11.5 Å². The molecule has 0 aliphatic carbocycles. The third-order valence-electron chi connectivity index (χ3n) is 2.31. The number of aliphatic hydroxyl groups is 1. The second-order valence-corrected chi connectivity index (χ2v) is 3.97. The van der Waals surface area contributed by atoms with Gasteiger partial charge in [-0.25, -0.2) is 0 Å². The monoisotopic (exact) mass is 273 g/mol. The molecule has 0 aliphatic rings. The summed E-state index contributed by atoms with van der Waals surface area (Å²) in [6.07, 6.45) is 0.654. The Morgan fingerprint density at radius 3 is 2.56 bits per heavy atom. The first-order valence-electron chi connectivity index (χ1n) is 5.44. The van der Waals surface area contributed by atoms with Crippen LogP contribution in [0.4, 0.5) is 5.69 Å². The molecule has 0 radical (unpaired) electrons. The molecule has 0 fully saturated rings. The topological polar surface area (TPSA) is 67.8 Å². The number of aliphatic hydroxyl groups excluding tert-OH is 1. The summed E-state index contributed by atoms with van der Waals surface area (Å²) in [4.78, 5) is 11.6. The van der Waals surface area contributed by atoms with Gasteiger partial charge in [-0.1, -0.05) is 11.6 Å². The Bertz CT molecular complexity index is 423. The van der Waals surface area contributed by atoms with Crippen molar-refractivity contribution in [2.24, 2.45) is 0 Å². The Hall–Kier alpha value is -1.46. The van der Waals surface area contributed by atoms with Gasteiger partial charge in [0.05, 0.1) is 24.9 Å². The average Bonchev–Trinajstić information content (AvgIpc) is 2.36. The number of amides is 1. The minimum absolute atomic E-state index is 0.0199. The molecule has 5 nitrogen and oxygen atoms in total. The minimum Gasteiger partial charge on any atom is -0.495 e. The van der Waals surface area contributed by atoms with Crippen molar-refractivity contribution < 1.29 is 19.4 Å². The highest BCUT2D eigenvalue weighted by Gasteiger charge is 2.12. The van der Waals surface area contributed by atoms with Crippen molar-refractivity contribution in [3.63, 3.8) is 0 Å². The summed E-state index contributed by atoms with van der Waals surface area (Å²) in [6, 6.07) is 3.17. The fourth-order valence-electron chi connectivity index (χ4n) is 1.41. The van der Waals surface area contributed by atoms with Crippen molar-refractivity contribution >= 4 is 23.2 Å². The second-order valence-electron chi connectivity index (χ2n) is 3.56. The van der Waals surface area contributed by atoms with Crippen LogP contribution >= 0.6 is 11.6 Å². The highest BCUT2D eigenvalue weighted by Crippen LogP contribution is 2.35. The van der Waals surface area contributed by atoms with Gasteiger partial charge in [-0.3, -0.25) is 4.79 Å². The van der Waals surface area contributed by atoms with Crippen LogP contribution in [0.5, 0.6) is 11.5 Å². The zero-order chi connectivity index (χ0) is 13.5. The van der Waals surface area contributed by atoms with Crippen LogP contribution in [-0.4, -0.2) is 31.8 Å². The van der Waals surface area contributed by atoms with Gasteiger partial charge >= 0.3 is 0 Å². The van der Waals surface area contributed by atoms with E-state index in [1.807, 2.05) is 0 Å². The van der Waals surface area contributed by atoms with Crippen molar-refractivity contribution in [1.82, 2.24) is 0 Å². The smallest absolute Gasteiger partial charge is 0.224 e. The Morgan fingerprint density at radius 1 is 1.33 bits per heavy atom. The van der Waals surface area contributed by atoms with E-state index in [-0.39, 0.29) is 18.9 Å². The van der Waals surface area contributed by atoms with Crippen LogP contribution in [0.3, 0.4) is 0 Å². The second kappa shape index (κ2) is 7.08. The number of hydrogen-bond donors (Lipinski definition) is 2. The Morgan fingerprint density at radius 2 is 2.00 bits per heavy atom. The van der Waals surface area contributed by atoms with E-state index in [0.717, 1.165) is 0 Å². The highest BCUT2D eigenvalue weighted by molar-refractivity contribution is 6.32. The predicted molar refractivity (Wildman–Crippen MR) is 69.5 cm³/mol. The lowest BCUT2D eigenvalue weighted by Gasteiger charge is -2.12. The third-order valence-corrected chi connectivity index (χ3v) is 2.61. The molecule has 1 aromatic carbocycles. The van der Waals surface area contributed by atoms with Crippen molar-refractivity contribution in [3.05, 3.63) is 17.2 Å². The van der Waals surface area contributed by atoms with Crippen LogP contribution < -0.4 is 14.8 Å². The number of hydrogen-bond acceptors (Lipinski definition) is 4. The molecule has 6 heteroatoms. The molecule has 0 aromatic heterocycles. The number of carbonyl (C=O) groups is 1. The molecule has 0 saturated heterocycles. The highest BCUT2D eigenvalue weighted by atomic mass is 35.5. The van der Waals surface area contributed by atoms with Gasteiger partial charge in [0, 0.05) is 19.1 Å². The van der Waals surface area contributed by atoms with Gasteiger partial charge in [0.25, 0.3) is 0 Å². The van der Waals surface area contributed by atoms with Crippen LogP contribution in [0.15, 0.2) is 12.1 Å². The number of nitrogens with one attached hydrogen (secondary N) is 1. The average molecular weight is 274 g/mol. The first kappa shape index (κ1) is 14.6. The van der Waals surface area contributed by atoms with Crippen molar-refractivity contribution in [2.45, 2.75) is 12.8 Å². The molecule has 1 amide bonds. The number of benzene rings is 1. The summed E-state index contributed by atoms with van der Waals surface area (Å²) in [5.74, 6) is 0.735. The normalized spacial score (nSPS) is 10.0. The van der Waals surface area contributed by atoms with Gasteiger partial charge in [-0.2, -0.15) is 0 Å². The summed E-state index contributed by atoms with van der Waals surface area (Å²) in [5.41, 5.74) is 0.478. The Labute approximate surface area is 111 Å². The van der Waals surface area contributed by atoms with Gasteiger partial charge in [0.2, 0.25) is 5.91 Å². The summed E-state index contributed by atoms with van der Waals surface area (Å²) in [5, 5.41) is 11.7. The van der Waals surface area contributed by atoms with Gasteiger partial charge in [-0.05, 0) is 12.5 Å². The molecule has 0 saturated carbocycles. The molecule has 0 heterocycles. The van der Waals surface area contributed by atoms with Crippen LogP contribution in [0.25, 0.3) is 0 Å². The molecule has 1 rings (SSSR count). The predicted octanol–water partition coefficient (Wildman–Crippen LogP) is 2.07. The SMILES string of the molecule is COc1cc(OC)c(NC(=O)CCCO)cc1Cl. The minimum atomic E-state index is -0.205. The number of ether oxygens (including phenoxy) is 2. The van der Waals surface area contributed by atoms with Crippen molar-refractivity contribution in [1.29, 1.82) is 0 Å². The van der Waals surface area contributed by atoms with E-state index in [2.05, 4.69) is 5.32 Å². The summed E-state index contributed by atoms with van der Waals surface area (Å²) < 4.78 is 10.2. The fraction of sp³-hybridized carbons (Fsp3) is 0.417. The quantitative estimate of drug-likeness (QED) is 0.833. The van der Waals surface area contributed by atoms with E-state index in [0.29, 0.717) is 28.6 Å². The standard InChI is InChI=1S/C12H16ClNO4/c1-17-10-7-11(18-2)9(6-8(10)13)14-12(16)4-3-5-15/h6-7,15H,3-5H2,1-2H3,(H,14,16). The zero-order valence-corrected chi connectivity index (χ0v) is 11.1. The molecule has 18 heavy (non-hydrogen) atoms. The molecule has 100 valence electrons. The Balaban J connectivity index is 2.87. The number of rotatable bonds is 6. The van der Waals surface area contributed by atoms with Gasteiger partial charge in [0.15, 0.2) is 0 Å². The lowest BCUT2D eigenvalue weighted by Crippen LogP contribution is -2.12. The Kier molecular flexibility index (Phi) is 5.74. The molecule has 0 spiro atoms. The fourth-order valence-corrected chi connectivity index (χ4v) is 1.65. The first-order valence-corrected chi connectivity index (χ1v) is 5.82. The number of methoxy groups -OCH3 is 2. The van der Waals surface area contributed by atoms with Crippen LogP contribution in [0.2, 0.25) is 5.02 Å². The molecule has 0 unspecified atom stereocenters. The molecular weight excluding hydrogens is 258 g/mol. The van der Waals surface area contributed by atoms with Gasteiger partial charge in [-0.15, -0.1) is 0 Å². The van der Waals surface area contributed by atoms with Crippen LogP contribution in [0, 0.1) is 0 Å². The van der Waals surface area contributed by atoms with Gasteiger partial charge in [0.1, 0.15) is 11.5 Å². The molecule has 0 aliphatic heterocycles. The number of carbonyl (C=O) groups excluding carboxylic acids is 1. The summed E-state index contributed by atoms with van der Waals surface area (Å²) >= 11 is 5.97.